The third-order valence-corrected chi connectivity index (χ3v) is 6.43. The Morgan fingerprint density at radius 2 is 1.86 bits per heavy atom. The minimum atomic E-state index is -2.92. The average molecular weight is 317 g/mol. The first-order valence-corrected chi connectivity index (χ1v) is 9.22. The molecule has 1 saturated carbocycles. The van der Waals surface area contributed by atoms with Crippen LogP contribution in [0.4, 0.5) is 0 Å². The lowest BCUT2D eigenvalue weighted by molar-refractivity contribution is -0.139. The number of aliphatic carboxylic acids is 1. The summed E-state index contributed by atoms with van der Waals surface area (Å²) in [5.41, 5.74) is -0.140. The molecule has 21 heavy (non-hydrogen) atoms. The summed E-state index contributed by atoms with van der Waals surface area (Å²) in [5, 5.41) is 8.78. The van der Waals surface area contributed by atoms with Gasteiger partial charge in [0.1, 0.15) is 9.84 Å². The number of carbonyl (C=O) groups is 2. The zero-order chi connectivity index (χ0) is 15.8. The van der Waals surface area contributed by atoms with Crippen molar-refractivity contribution in [1.29, 1.82) is 0 Å². The molecule has 2 aliphatic rings. The van der Waals surface area contributed by atoms with Crippen LogP contribution in [0.3, 0.4) is 0 Å². The predicted molar refractivity (Wildman–Crippen MR) is 77.5 cm³/mol. The normalized spacial score (nSPS) is 25.8. The first kappa shape index (κ1) is 16.3. The van der Waals surface area contributed by atoms with Gasteiger partial charge in [-0.1, -0.05) is 0 Å². The number of carbonyl (C=O) groups excluding carboxylic acids is 1. The molecule has 6 nitrogen and oxygen atoms in total. The molecule has 1 aliphatic carbocycles. The van der Waals surface area contributed by atoms with E-state index in [0.717, 1.165) is 6.42 Å². The summed E-state index contributed by atoms with van der Waals surface area (Å²) in [5.74, 6) is -0.696. The fraction of sp³-hybridized carbons (Fsp3) is 0.857. The minimum Gasteiger partial charge on any atom is -0.481 e. The SMILES string of the molecule is CC(C)N(CCC(=O)O)C(=O)[C@H]1CC12CCS(=O)(=O)CC2. The fourth-order valence-electron chi connectivity index (χ4n) is 3.23. The quantitative estimate of drug-likeness (QED) is 0.814. The average Bonchev–Trinajstić information content (AvgIpc) is 3.07. The lowest BCUT2D eigenvalue weighted by Gasteiger charge is -2.29. The number of rotatable bonds is 5. The molecule has 0 radical (unpaired) electrons. The highest BCUT2D eigenvalue weighted by atomic mass is 32.2. The van der Waals surface area contributed by atoms with Crippen LogP contribution in [0.2, 0.25) is 0 Å². The van der Waals surface area contributed by atoms with Gasteiger partial charge in [0.2, 0.25) is 5.91 Å². The lowest BCUT2D eigenvalue weighted by atomic mass is 9.95. The largest absolute Gasteiger partial charge is 0.481 e. The summed E-state index contributed by atoms with van der Waals surface area (Å²) in [4.78, 5) is 24.9. The molecular weight excluding hydrogens is 294 g/mol. The van der Waals surface area contributed by atoms with Gasteiger partial charge in [-0.3, -0.25) is 9.59 Å². The molecule has 7 heteroatoms. The van der Waals surface area contributed by atoms with Gasteiger partial charge in [0.25, 0.3) is 0 Å². The summed E-state index contributed by atoms with van der Waals surface area (Å²) in [7, 11) is -2.92. The second kappa shape index (κ2) is 5.59. The molecule has 1 heterocycles. The molecule has 2 rings (SSSR count). The molecule has 0 aromatic heterocycles. The number of nitrogens with zero attached hydrogens (tertiary/aromatic N) is 1. The van der Waals surface area contributed by atoms with E-state index in [2.05, 4.69) is 0 Å². The van der Waals surface area contributed by atoms with Crippen molar-refractivity contribution >= 4 is 21.7 Å². The summed E-state index contributed by atoms with van der Waals surface area (Å²) in [6.07, 6.45) is 1.82. The molecular formula is C14H23NO5S. The second-order valence-electron chi connectivity index (χ2n) is 6.54. The Bertz CT molecular complexity index is 526. The van der Waals surface area contributed by atoms with E-state index < -0.39 is 15.8 Å². The van der Waals surface area contributed by atoms with Gasteiger partial charge in [0.15, 0.2) is 0 Å². The zero-order valence-corrected chi connectivity index (χ0v) is 13.4. The van der Waals surface area contributed by atoms with Crippen LogP contribution in [0.15, 0.2) is 0 Å². The van der Waals surface area contributed by atoms with Crippen molar-refractivity contribution in [1.82, 2.24) is 4.90 Å². The van der Waals surface area contributed by atoms with Crippen molar-refractivity contribution in [3.8, 4) is 0 Å². The maximum Gasteiger partial charge on any atom is 0.305 e. The van der Waals surface area contributed by atoms with Crippen LogP contribution in [-0.2, 0) is 19.4 Å². The Balaban J connectivity index is 1.98. The van der Waals surface area contributed by atoms with Crippen molar-refractivity contribution < 1.29 is 23.1 Å². The molecule has 1 amide bonds. The minimum absolute atomic E-state index is 0.00875. The van der Waals surface area contributed by atoms with E-state index in [1.807, 2.05) is 13.8 Å². The van der Waals surface area contributed by atoms with Crippen LogP contribution in [0.5, 0.6) is 0 Å². The van der Waals surface area contributed by atoms with Crippen molar-refractivity contribution in [2.24, 2.45) is 11.3 Å². The number of carboxylic acids is 1. The third kappa shape index (κ3) is 3.56. The second-order valence-corrected chi connectivity index (χ2v) is 8.84. The Morgan fingerprint density at radius 3 is 2.33 bits per heavy atom. The number of sulfone groups is 1. The predicted octanol–water partition coefficient (Wildman–Crippen LogP) is 0.913. The van der Waals surface area contributed by atoms with Gasteiger partial charge in [-0.15, -0.1) is 0 Å². The highest BCUT2D eigenvalue weighted by Gasteiger charge is 2.60. The fourth-order valence-corrected chi connectivity index (χ4v) is 4.87. The van der Waals surface area contributed by atoms with Crippen LogP contribution >= 0.6 is 0 Å². The van der Waals surface area contributed by atoms with E-state index in [9.17, 15) is 18.0 Å². The Kier molecular flexibility index (Phi) is 4.33. The lowest BCUT2D eigenvalue weighted by Crippen LogP contribution is -2.41. The number of hydrogen-bond acceptors (Lipinski definition) is 4. The Morgan fingerprint density at radius 1 is 1.29 bits per heavy atom. The molecule has 1 aliphatic heterocycles. The smallest absolute Gasteiger partial charge is 0.305 e. The van der Waals surface area contributed by atoms with Gasteiger partial charge in [-0.05, 0) is 38.5 Å². The molecule has 0 unspecified atom stereocenters. The molecule has 2 fully saturated rings. The first-order valence-electron chi connectivity index (χ1n) is 7.40. The van der Waals surface area contributed by atoms with E-state index in [1.165, 1.54) is 0 Å². The zero-order valence-electron chi connectivity index (χ0n) is 12.5. The highest BCUT2D eigenvalue weighted by molar-refractivity contribution is 7.91. The standard InChI is InChI=1S/C14H23NO5S/c1-10(2)15(6-3-12(16)17)13(18)11-9-14(11)4-7-21(19,20)8-5-14/h10-11H,3-9H2,1-2H3,(H,16,17)/t11-/m1/s1. The molecule has 1 saturated heterocycles. The van der Waals surface area contributed by atoms with E-state index in [0.29, 0.717) is 12.8 Å². The van der Waals surface area contributed by atoms with Gasteiger partial charge in [-0.25, -0.2) is 8.42 Å². The topological polar surface area (TPSA) is 91.8 Å². The number of amides is 1. The van der Waals surface area contributed by atoms with Crippen LogP contribution in [0.25, 0.3) is 0 Å². The van der Waals surface area contributed by atoms with Crippen LogP contribution in [0, 0.1) is 11.3 Å². The number of hydrogen-bond donors (Lipinski definition) is 1. The summed E-state index contributed by atoms with van der Waals surface area (Å²) in [6, 6.07) is -0.0400. The number of carboxylic acid groups (broad SMARTS) is 1. The van der Waals surface area contributed by atoms with Gasteiger partial charge in [0.05, 0.1) is 17.9 Å². The van der Waals surface area contributed by atoms with E-state index >= 15 is 0 Å². The summed E-state index contributed by atoms with van der Waals surface area (Å²) >= 11 is 0. The first-order chi connectivity index (χ1) is 9.67. The van der Waals surface area contributed by atoms with Crippen LogP contribution in [-0.4, -0.2) is 54.4 Å². The van der Waals surface area contributed by atoms with Gasteiger partial charge >= 0.3 is 5.97 Å². The van der Waals surface area contributed by atoms with E-state index in [1.54, 1.807) is 4.90 Å². The van der Waals surface area contributed by atoms with E-state index in [-0.39, 0.29) is 47.8 Å². The van der Waals surface area contributed by atoms with Crippen molar-refractivity contribution in [3.63, 3.8) is 0 Å². The molecule has 0 aromatic carbocycles. The van der Waals surface area contributed by atoms with Crippen molar-refractivity contribution in [2.75, 3.05) is 18.1 Å². The maximum absolute atomic E-state index is 12.6. The summed E-state index contributed by atoms with van der Waals surface area (Å²) in [6.45, 7) is 3.97. The van der Waals surface area contributed by atoms with E-state index in [4.69, 9.17) is 5.11 Å². The van der Waals surface area contributed by atoms with Gasteiger partial charge < -0.3 is 10.0 Å². The molecule has 120 valence electrons. The van der Waals surface area contributed by atoms with Crippen LogP contribution < -0.4 is 0 Å². The third-order valence-electron chi connectivity index (χ3n) is 4.78. The highest BCUT2D eigenvalue weighted by Crippen LogP contribution is 2.60. The molecule has 0 aromatic rings. The van der Waals surface area contributed by atoms with Crippen LogP contribution in [0.1, 0.15) is 39.5 Å². The molecule has 1 N–H and O–H groups in total. The Hall–Kier alpha value is -1.11. The van der Waals surface area contributed by atoms with Gasteiger partial charge in [-0.2, -0.15) is 0 Å². The molecule has 0 bridgehead atoms. The molecule has 1 atom stereocenters. The van der Waals surface area contributed by atoms with Crippen molar-refractivity contribution in [2.45, 2.75) is 45.6 Å². The maximum atomic E-state index is 12.6. The molecule has 1 spiro atoms. The summed E-state index contributed by atoms with van der Waals surface area (Å²) < 4.78 is 23.0. The monoisotopic (exact) mass is 317 g/mol. The van der Waals surface area contributed by atoms with Crippen molar-refractivity contribution in [3.05, 3.63) is 0 Å². The Labute approximate surface area is 125 Å². The van der Waals surface area contributed by atoms with Gasteiger partial charge in [0, 0.05) is 18.5 Å².